The topological polar surface area (TPSA) is 32.3 Å². The van der Waals surface area contributed by atoms with E-state index in [1.807, 2.05) is 0 Å². The zero-order chi connectivity index (χ0) is 13.3. The lowest BCUT2D eigenvalue weighted by Gasteiger charge is -2.37. The molecule has 1 aromatic rings. The molecule has 0 radical (unpaired) electrons. The number of fused-ring (bicyclic) bond motifs is 1. The molecule has 3 unspecified atom stereocenters. The highest BCUT2D eigenvalue weighted by atomic mass is 19.1. The van der Waals surface area contributed by atoms with Gasteiger partial charge in [-0.1, -0.05) is 17.9 Å². The maximum absolute atomic E-state index is 13.1. The summed E-state index contributed by atoms with van der Waals surface area (Å²) in [5.41, 5.74) is -0.292. The Labute approximate surface area is 113 Å². The van der Waals surface area contributed by atoms with Gasteiger partial charge in [-0.3, -0.25) is 0 Å². The third-order valence-corrected chi connectivity index (χ3v) is 4.33. The van der Waals surface area contributed by atoms with Gasteiger partial charge in [-0.15, -0.1) is 0 Å². The number of aliphatic hydroxyl groups is 1. The van der Waals surface area contributed by atoms with Gasteiger partial charge in [0.2, 0.25) is 0 Å². The van der Waals surface area contributed by atoms with Crippen molar-refractivity contribution in [2.24, 2.45) is 11.8 Å². The highest BCUT2D eigenvalue weighted by Crippen LogP contribution is 2.39. The molecule has 0 aromatic heterocycles. The standard InChI is InChI=1S/C16H18FNO/c17-14-5-1-3-12(9-14)6-8-16(19)7-2-4-13-10-18-11-15(13)16/h1,3,5,9,13,15,18-19H,2,4,7,10-11H2. The molecule has 3 rings (SSSR count). The summed E-state index contributed by atoms with van der Waals surface area (Å²) >= 11 is 0. The van der Waals surface area contributed by atoms with Crippen molar-refractivity contribution in [3.63, 3.8) is 0 Å². The summed E-state index contributed by atoms with van der Waals surface area (Å²) in [7, 11) is 0. The van der Waals surface area contributed by atoms with Crippen LogP contribution in [-0.2, 0) is 0 Å². The maximum Gasteiger partial charge on any atom is 0.130 e. The van der Waals surface area contributed by atoms with Crippen LogP contribution in [0.2, 0.25) is 0 Å². The lowest BCUT2D eigenvalue weighted by Crippen LogP contribution is -2.44. The predicted molar refractivity (Wildman–Crippen MR) is 71.9 cm³/mol. The summed E-state index contributed by atoms with van der Waals surface area (Å²) in [5.74, 6) is 6.40. The molecule has 1 saturated heterocycles. The van der Waals surface area contributed by atoms with E-state index in [4.69, 9.17) is 0 Å². The van der Waals surface area contributed by atoms with Crippen LogP contribution in [0, 0.1) is 29.5 Å². The first-order chi connectivity index (χ1) is 9.17. The monoisotopic (exact) mass is 259 g/mol. The molecule has 0 amide bonds. The third kappa shape index (κ3) is 2.51. The molecule has 1 heterocycles. The van der Waals surface area contributed by atoms with Gasteiger partial charge in [0.05, 0.1) is 0 Å². The van der Waals surface area contributed by atoms with Gasteiger partial charge in [0, 0.05) is 18.0 Å². The molecule has 1 aliphatic carbocycles. The molecule has 1 aromatic carbocycles. The molecule has 2 N–H and O–H groups in total. The molecule has 100 valence electrons. The lowest BCUT2D eigenvalue weighted by molar-refractivity contribution is -0.00658. The van der Waals surface area contributed by atoms with Crippen molar-refractivity contribution in [1.82, 2.24) is 5.32 Å². The first-order valence-corrected chi connectivity index (χ1v) is 6.89. The summed E-state index contributed by atoms with van der Waals surface area (Å²) in [5, 5.41) is 14.1. The van der Waals surface area contributed by atoms with E-state index in [1.54, 1.807) is 12.1 Å². The average molecular weight is 259 g/mol. The number of hydrogen-bond acceptors (Lipinski definition) is 2. The summed E-state index contributed by atoms with van der Waals surface area (Å²) in [6.45, 7) is 1.81. The summed E-state index contributed by atoms with van der Waals surface area (Å²) in [4.78, 5) is 0. The Balaban J connectivity index is 1.85. The number of nitrogens with one attached hydrogen (secondary N) is 1. The van der Waals surface area contributed by atoms with E-state index in [-0.39, 0.29) is 11.7 Å². The molecule has 2 aliphatic rings. The van der Waals surface area contributed by atoms with Gasteiger partial charge in [-0.2, -0.15) is 0 Å². The molecule has 2 fully saturated rings. The fourth-order valence-corrected chi connectivity index (χ4v) is 3.32. The SMILES string of the molecule is OC1(C#Cc2cccc(F)c2)CCCC2CNCC21. The Bertz CT molecular complexity index is 533. The van der Waals surface area contributed by atoms with E-state index in [1.165, 1.54) is 18.6 Å². The van der Waals surface area contributed by atoms with Crippen molar-refractivity contribution in [2.45, 2.75) is 24.9 Å². The largest absolute Gasteiger partial charge is 0.377 e. The minimum absolute atomic E-state index is 0.210. The molecule has 2 nitrogen and oxygen atoms in total. The zero-order valence-corrected chi connectivity index (χ0v) is 10.8. The Morgan fingerprint density at radius 3 is 3.11 bits per heavy atom. The minimum Gasteiger partial charge on any atom is -0.377 e. The van der Waals surface area contributed by atoms with E-state index in [2.05, 4.69) is 17.2 Å². The quantitative estimate of drug-likeness (QED) is 0.698. The molecule has 19 heavy (non-hydrogen) atoms. The number of halogens is 1. The van der Waals surface area contributed by atoms with Crippen molar-refractivity contribution < 1.29 is 9.50 Å². The number of rotatable bonds is 0. The first-order valence-electron chi connectivity index (χ1n) is 6.89. The summed E-state index contributed by atoms with van der Waals surface area (Å²) in [6.07, 6.45) is 2.90. The van der Waals surface area contributed by atoms with Crippen LogP contribution in [0.15, 0.2) is 24.3 Å². The maximum atomic E-state index is 13.1. The van der Waals surface area contributed by atoms with Crippen LogP contribution < -0.4 is 5.32 Å². The van der Waals surface area contributed by atoms with Gasteiger partial charge in [-0.25, -0.2) is 4.39 Å². The second-order valence-corrected chi connectivity index (χ2v) is 5.60. The lowest BCUT2D eigenvalue weighted by atomic mass is 9.71. The molecule has 1 aliphatic heterocycles. The normalized spacial score (nSPS) is 33.4. The first kappa shape index (κ1) is 12.7. The van der Waals surface area contributed by atoms with E-state index in [0.717, 1.165) is 25.9 Å². The fourth-order valence-electron chi connectivity index (χ4n) is 3.32. The van der Waals surface area contributed by atoms with E-state index < -0.39 is 5.60 Å². The van der Waals surface area contributed by atoms with Gasteiger partial charge in [0.1, 0.15) is 11.4 Å². The van der Waals surface area contributed by atoms with Crippen LogP contribution in [-0.4, -0.2) is 23.8 Å². The average Bonchev–Trinajstić information content (AvgIpc) is 2.87. The van der Waals surface area contributed by atoms with Crippen molar-refractivity contribution in [2.75, 3.05) is 13.1 Å². The van der Waals surface area contributed by atoms with Crippen molar-refractivity contribution in [1.29, 1.82) is 0 Å². The van der Waals surface area contributed by atoms with Crippen molar-refractivity contribution in [3.8, 4) is 11.8 Å². The molecule has 3 atom stereocenters. The molecule has 3 heteroatoms. The molecule has 1 saturated carbocycles. The Hall–Kier alpha value is -1.37. The highest BCUT2D eigenvalue weighted by molar-refractivity contribution is 5.37. The molecule has 0 bridgehead atoms. The Kier molecular flexibility index (Phi) is 3.30. The molecule has 0 spiro atoms. The third-order valence-electron chi connectivity index (χ3n) is 4.33. The van der Waals surface area contributed by atoms with Crippen LogP contribution in [0.5, 0.6) is 0 Å². The smallest absolute Gasteiger partial charge is 0.130 e. The van der Waals surface area contributed by atoms with Crippen molar-refractivity contribution >= 4 is 0 Å². The van der Waals surface area contributed by atoms with E-state index >= 15 is 0 Å². The van der Waals surface area contributed by atoms with E-state index in [0.29, 0.717) is 11.5 Å². The fraction of sp³-hybridized carbons (Fsp3) is 0.500. The summed E-state index contributed by atoms with van der Waals surface area (Å²) < 4.78 is 13.1. The second kappa shape index (κ2) is 4.96. The molecular formula is C16H18FNO. The number of hydrogen-bond donors (Lipinski definition) is 2. The van der Waals surface area contributed by atoms with Crippen molar-refractivity contribution in [3.05, 3.63) is 35.6 Å². The summed E-state index contributed by atoms with van der Waals surface area (Å²) in [6, 6.07) is 6.22. The van der Waals surface area contributed by atoms with Crippen LogP contribution in [0.3, 0.4) is 0 Å². The Morgan fingerprint density at radius 1 is 1.37 bits per heavy atom. The zero-order valence-electron chi connectivity index (χ0n) is 10.8. The highest BCUT2D eigenvalue weighted by Gasteiger charge is 2.45. The second-order valence-electron chi connectivity index (χ2n) is 5.60. The molecular weight excluding hydrogens is 241 g/mol. The minimum atomic E-state index is -0.918. The van der Waals surface area contributed by atoms with Crippen LogP contribution in [0.4, 0.5) is 4.39 Å². The predicted octanol–water partition coefficient (Wildman–Crippen LogP) is 1.93. The van der Waals surface area contributed by atoms with Gasteiger partial charge in [0.15, 0.2) is 0 Å². The van der Waals surface area contributed by atoms with Gasteiger partial charge < -0.3 is 10.4 Å². The van der Waals surface area contributed by atoms with Gasteiger partial charge in [0.25, 0.3) is 0 Å². The van der Waals surface area contributed by atoms with Crippen LogP contribution in [0.1, 0.15) is 24.8 Å². The van der Waals surface area contributed by atoms with Gasteiger partial charge >= 0.3 is 0 Å². The van der Waals surface area contributed by atoms with Crippen LogP contribution in [0.25, 0.3) is 0 Å². The van der Waals surface area contributed by atoms with Gasteiger partial charge in [-0.05, 0) is 49.9 Å². The number of benzene rings is 1. The Morgan fingerprint density at radius 2 is 2.26 bits per heavy atom. The van der Waals surface area contributed by atoms with E-state index in [9.17, 15) is 9.50 Å². The van der Waals surface area contributed by atoms with Crippen LogP contribution >= 0.6 is 0 Å².